The van der Waals surface area contributed by atoms with Gasteiger partial charge in [-0.05, 0) is 60.8 Å². The Balaban J connectivity index is 0.945. The number of rotatable bonds is 28. The summed E-state index contributed by atoms with van der Waals surface area (Å²) in [5, 5.41) is 0. The molecule has 0 amide bonds. The third-order valence-corrected chi connectivity index (χ3v) is 34.4. The minimum Gasteiger partial charge on any atom is -0.491 e. The van der Waals surface area contributed by atoms with Gasteiger partial charge in [-0.3, -0.25) is 0 Å². The summed E-state index contributed by atoms with van der Waals surface area (Å²) in [6, 6.07) is 0. The SMILES string of the molecule is CCCCCCSC1=C(SCCCCCC)SC(=C2SC3=C(SC(=Cc4sc(C=C5SC6=C(S5)SC(=C5SC(SCCCCCC)=C(SCCCCCC)S5)S6)c(OC)c4OC)S3)S2)S1. The minimum atomic E-state index is 0.836. The van der Waals surface area contributed by atoms with Gasteiger partial charge in [0.05, 0.1) is 83.3 Å². The average molecular weight is 1190 g/mol. The summed E-state index contributed by atoms with van der Waals surface area (Å²) >= 11 is 34.0. The molecule has 7 heterocycles. The molecule has 358 valence electrons. The number of thiophene rings is 1. The second kappa shape index (κ2) is 30.3. The van der Waals surface area contributed by atoms with Gasteiger partial charge in [0, 0.05) is 0 Å². The fourth-order valence-corrected chi connectivity index (χ4v) is 33.0. The second-order valence-corrected chi connectivity index (χ2v) is 36.6. The molecule has 19 heteroatoms. The molecule has 0 aromatic carbocycles. The Morgan fingerprint density at radius 2 is 0.600 bits per heavy atom. The number of hydrogen-bond acceptors (Lipinski definition) is 19. The maximum Gasteiger partial charge on any atom is 0.179 e. The molecule has 7 rings (SSSR count). The lowest BCUT2D eigenvalue weighted by atomic mass is 10.2. The molecule has 2 nitrogen and oxygen atoms in total. The monoisotopic (exact) mass is 1190 g/mol. The number of thioether (sulfide) groups is 16. The van der Waals surface area contributed by atoms with E-state index in [1.807, 2.05) is 141 Å². The van der Waals surface area contributed by atoms with E-state index in [0.717, 1.165) is 21.3 Å². The van der Waals surface area contributed by atoms with Crippen molar-refractivity contribution < 1.29 is 9.47 Å². The molecular formula is C46H60O2S17. The molecule has 65 heavy (non-hydrogen) atoms. The van der Waals surface area contributed by atoms with Crippen molar-refractivity contribution in [2.45, 2.75) is 130 Å². The van der Waals surface area contributed by atoms with Crippen LogP contribution in [0.5, 0.6) is 11.5 Å². The van der Waals surface area contributed by atoms with E-state index < -0.39 is 0 Å². The highest BCUT2D eigenvalue weighted by atomic mass is 32.3. The van der Waals surface area contributed by atoms with Gasteiger partial charge in [0.25, 0.3) is 0 Å². The zero-order valence-corrected chi connectivity index (χ0v) is 51.9. The average Bonchev–Trinajstić information content (AvgIpc) is 4.17. The van der Waals surface area contributed by atoms with E-state index in [1.165, 1.54) is 168 Å². The van der Waals surface area contributed by atoms with Gasteiger partial charge >= 0.3 is 0 Å². The summed E-state index contributed by atoms with van der Waals surface area (Å²) in [7, 11) is 3.55. The minimum absolute atomic E-state index is 0.836. The second-order valence-electron chi connectivity index (χ2n) is 15.1. The van der Waals surface area contributed by atoms with Gasteiger partial charge in [-0.2, -0.15) is 0 Å². The maximum absolute atomic E-state index is 6.06. The summed E-state index contributed by atoms with van der Waals surface area (Å²) in [5.41, 5.74) is 0. The van der Waals surface area contributed by atoms with Crippen LogP contribution < -0.4 is 9.47 Å². The first-order valence-corrected chi connectivity index (χ1v) is 37.3. The molecule has 0 N–H and O–H groups in total. The Kier molecular flexibility index (Phi) is 25.9. The van der Waals surface area contributed by atoms with E-state index >= 15 is 0 Å². The van der Waals surface area contributed by atoms with Crippen LogP contribution >= 0.6 is 200 Å². The summed E-state index contributed by atoms with van der Waals surface area (Å²) in [6.07, 6.45) is 25.9. The van der Waals surface area contributed by atoms with Gasteiger partial charge in [0.1, 0.15) is 0 Å². The highest BCUT2D eigenvalue weighted by Crippen LogP contribution is 2.73. The van der Waals surface area contributed by atoms with E-state index in [4.69, 9.17) is 9.47 Å². The first-order chi connectivity index (χ1) is 31.9. The fraction of sp³-hybridized carbons (Fsp3) is 0.565. The van der Waals surface area contributed by atoms with Crippen molar-refractivity contribution in [2.75, 3.05) is 37.2 Å². The topological polar surface area (TPSA) is 18.5 Å². The van der Waals surface area contributed by atoms with Crippen molar-refractivity contribution >= 4 is 212 Å². The van der Waals surface area contributed by atoms with Gasteiger partial charge in [-0.15, -0.1) is 58.4 Å². The molecule has 6 aliphatic rings. The molecule has 0 radical (unpaired) electrons. The van der Waals surface area contributed by atoms with Crippen LogP contribution in [0, 0.1) is 0 Å². The lowest BCUT2D eigenvalue weighted by Crippen LogP contribution is -1.89. The zero-order chi connectivity index (χ0) is 45.4. The zero-order valence-electron chi connectivity index (χ0n) is 38.1. The third-order valence-electron chi connectivity index (χ3n) is 9.96. The molecule has 0 saturated carbocycles. The molecule has 6 aliphatic heterocycles. The Bertz CT molecular complexity index is 1830. The van der Waals surface area contributed by atoms with E-state index in [9.17, 15) is 0 Å². The number of methoxy groups -OCH3 is 2. The first kappa shape index (κ1) is 55.6. The fourth-order valence-electron chi connectivity index (χ4n) is 6.55. The largest absolute Gasteiger partial charge is 0.491 e. The molecular weight excluding hydrogens is 1130 g/mol. The van der Waals surface area contributed by atoms with Gasteiger partial charge in [0.15, 0.2) is 11.5 Å². The molecule has 0 bridgehead atoms. The van der Waals surface area contributed by atoms with Crippen LogP contribution in [0.4, 0.5) is 0 Å². The van der Waals surface area contributed by atoms with Crippen molar-refractivity contribution in [3.63, 3.8) is 0 Å². The van der Waals surface area contributed by atoms with Crippen LogP contribution in [0.25, 0.3) is 12.2 Å². The quantitative estimate of drug-likeness (QED) is 0.0742. The third kappa shape index (κ3) is 16.4. The van der Waals surface area contributed by atoms with Crippen molar-refractivity contribution in [3.05, 3.63) is 69.1 Å². The van der Waals surface area contributed by atoms with Gasteiger partial charge in [-0.1, -0.05) is 246 Å². The number of hydrogen-bond donors (Lipinski definition) is 0. The first-order valence-electron chi connectivity index (χ1n) is 22.7. The predicted octanol–water partition coefficient (Wildman–Crippen LogP) is 23.3. The molecule has 0 fully saturated rings. The van der Waals surface area contributed by atoms with Crippen molar-refractivity contribution in [3.8, 4) is 11.5 Å². The summed E-state index contributed by atoms with van der Waals surface area (Å²) in [6.45, 7) is 9.21. The van der Waals surface area contributed by atoms with Crippen molar-refractivity contribution in [2.24, 2.45) is 0 Å². The Morgan fingerprint density at radius 1 is 0.338 bits per heavy atom. The van der Waals surface area contributed by atoms with Crippen molar-refractivity contribution in [1.29, 1.82) is 0 Å². The highest BCUT2D eigenvalue weighted by Gasteiger charge is 2.37. The molecule has 1 aromatic heterocycles. The number of unbranched alkanes of at least 4 members (excludes halogenated alkanes) is 12. The van der Waals surface area contributed by atoms with Crippen LogP contribution in [0.1, 0.15) is 140 Å². The number of ether oxygens (including phenoxy) is 2. The predicted molar refractivity (Wildman–Crippen MR) is 333 cm³/mol. The van der Waals surface area contributed by atoms with Gasteiger partial charge in [-0.25, -0.2) is 0 Å². The van der Waals surface area contributed by atoms with Gasteiger partial charge in [0.2, 0.25) is 0 Å². The van der Waals surface area contributed by atoms with E-state index in [2.05, 4.69) is 86.9 Å². The smallest absolute Gasteiger partial charge is 0.179 e. The molecule has 0 atom stereocenters. The Hall–Kier alpha value is 2.82. The summed E-state index contributed by atoms with van der Waals surface area (Å²) in [4.78, 5) is 2.25. The Morgan fingerprint density at radius 3 is 0.862 bits per heavy atom. The molecule has 1 aromatic rings. The van der Waals surface area contributed by atoms with Crippen LogP contribution in [0.15, 0.2) is 59.3 Å². The van der Waals surface area contributed by atoms with Gasteiger partial charge < -0.3 is 9.47 Å². The van der Waals surface area contributed by atoms with Crippen LogP contribution in [-0.4, -0.2) is 37.2 Å². The highest BCUT2D eigenvalue weighted by molar-refractivity contribution is 8.51. The van der Waals surface area contributed by atoms with Crippen LogP contribution in [0.3, 0.4) is 0 Å². The molecule has 0 spiro atoms. The standard InChI is InChI=1S/C46H60O2S17/c1-7-11-15-19-23-49-35-36(50-24-20-16-12-8-2)59-43(58-35)45-62-39-40(63-45)55-31(54-39)27-29-33(47-5)34(48-6)30(53-29)28-32-56-41-42(57-32)65-46(64-41)44-60-37(51-25-21-17-13-9-3)38(61-44)52-26-22-18-14-10-4/h27-28H,7-26H2,1-6H3. The van der Waals surface area contributed by atoms with E-state index in [1.54, 1.807) is 42.5 Å². The van der Waals surface area contributed by atoms with Crippen LogP contribution in [-0.2, 0) is 0 Å². The van der Waals surface area contributed by atoms with Crippen molar-refractivity contribution in [1.82, 2.24) is 0 Å². The molecule has 0 aliphatic carbocycles. The molecule has 0 unspecified atom stereocenters. The summed E-state index contributed by atoms with van der Waals surface area (Å²) in [5.74, 6) is 6.61. The van der Waals surface area contributed by atoms with E-state index in [0.29, 0.717) is 0 Å². The Labute approximate surface area is 463 Å². The lowest BCUT2D eigenvalue weighted by Gasteiger charge is -2.07. The van der Waals surface area contributed by atoms with E-state index in [-0.39, 0.29) is 0 Å². The van der Waals surface area contributed by atoms with Crippen LogP contribution in [0.2, 0.25) is 0 Å². The molecule has 0 saturated heterocycles. The maximum atomic E-state index is 6.06. The normalized spacial score (nSPS) is 18.6. The summed E-state index contributed by atoms with van der Waals surface area (Å²) < 4.78 is 32.6. The lowest BCUT2D eigenvalue weighted by molar-refractivity contribution is 0.357.